The van der Waals surface area contributed by atoms with Gasteiger partial charge in [0, 0.05) is 38.8 Å². The molecule has 144 valence electrons. The van der Waals surface area contributed by atoms with E-state index in [1.807, 2.05) is 0 Å². The summed E-state index contributed by atoms with van der Waals surface area (Å²) in [5, 5.41) is 3.43. The van der Waals surface area contributed by atoms with Crippen molar-refractivity contribution in [2.45, 2.75) is 70.6 Å². The van der Waals surface area contributed by atoms with E-state index in [9.17, 15) is 0 Å². The van der Waals surface area contributed by atoms with E-state index in [0.717, 1.165) is 19.0 Å². The molecule has 0 aromatic heterocycles. The van der Waals surface area contributed by atoms with Gasteiger partial charge >= 0.3 is 0 Å². The van der Waals surface area contributed by atoms with Crippen LogP contribution in [0.3, 0.4) is 0 Å². The van der Waals surface area contributed by atoms with Crippen LogP contribution in [-0.4, -0.2) is 73.9 Å². The Morgan fingerprint density at radius 1 is 1.00 bits per heavy atom. The van der Waals surface area contributed by atoms with Crippen molar-refractivity contribution in [2.24, 2.45) is 5.92 Å². The van der Waals surface area contributed by atoms with Crippen LogP contribution in [0.15, 0.2) is 12.2 Å². The van der Waals surface area contributed by atoms with Crippen molar-refractivity contribution in [3.63, 3.8) is 0 Å². The lowest BCUT2D eigenvalue weighted by molar-refractivity contribution is -0.0503. The van der Waals surface area contributed by atoms with Crippen LogP contribution in [0.5, 0.6) is 0 Å². The number of nitrogens with one attached hydrogen (secondary N) is 1. The highest BCUT2D eigenvalue weighted by molar-refractivity contribution is 5.01. The van der Waals surface area contributed by atoms with Gasteiger partial charge in [-0.2, -0.15) is 0 Å². The van der Waals surface area contributed by atoms with Crippen LogP contribution in [0.25, 0.3) is 0 Å². The number of rotatable bonds is 6. The summed E-state index contributed by atoms with van der Waals surface area (Å²) in [6.45, 7) is 17.0. The molecule has 3 rings (SSSR count). The SMILES string of the molecule is C=C(C)C(C)N1CCN(CC2CCC(OC3CCNCC3)CC2)CC1. The third kappa shape index (κ3) is 5.78. The van der Waals surface area contributed by atoms with Crippen LogP contribution in [0.4, 0.5) is 0 Å². The molecule has 2 heterocycles. The lowest BCUT2D eigenvalue weighted by Gasteiger charge is -2.40. The van der Waals surface area contributed by atoms with Gasteiger partial charge in [0.05, 0.1) is 12.2 Å². The summed E-state index contributed by atoms with van der Waals surface area (Å²) in [6.07, 6.45) is 8.73. The summed E-state index contributed by atoms with van der Waals surface area (Å²) in [7, 11) is 0. The zero-order chi connectivity index (χ0) is 17.6. The van der Waals surface area contributed by atoms with E-state index >= 15 is 0 Å². The summed E-state index contributed by atoms with van der Waals surface area (Å²) >= 11 is 0. The summed E-state index contributed by atoms with van der Waals surface area (Å²) in [4.78, 5) is 5.28. The van der Waals surface area contributed by atoms with Crippen molar-refractivity contribution in [1.82, 2.24) is 15.1 Å². The van der Waals surface area contributed by atoms with Crippen LogP contribution in [0.1, 0.15) is 52.4 Å². The van der Waals surface area contributed by atoms with Crippen molar-refractivity contribution in [1.29, 1.82) is 0 Å². The number of hydrogen-bond acceptors (Lipinski definition) is 4. The van der Waals surface area contributed by atoms with E-state index < -0.39 is 0 Å². The lowest BCUT2D eigenvalue weighted by Crippen LogP contribution is -2.51. The number of nitrogens with zero attached hydrogens (tertiary/aromatic N) is 2. The number of hydrogen-bond donors (Lipinski definition) is 1. The standard InChI is InChI=1S/C21H39N3O/c1-17(2)18(3)24-14-12-23(13-15-24)16-19-4-6-20(7-5-19)25-21-8-10-22-11-9-21/h18-22H,1,4-16H2,2-3H3. The fourth-order valence-corrected chi connectivity index (χ4v) is 4.66. The van der Waals surface area contributed by atoms with Crippen molar-refractivity contribution in [3.05, 3.63) is 12.2 Å². The molecule has 1 N–H and O–H groups in total. The molecule has 0 bridgehead atoms. The van der Waals surface area contributed by atoms with E-state index in [1.54, 1.807) is 0 Å². The molecule has 25 heavy (non-hydrogen) atoms. The fourth-order valence-electron chi connectivity index (χ4n) is 4.66. The predicted octanol–water partition coefficient (Wildman–Crippen LogP) is 2.90. The second-order valence-electron chi connectivity index (χ2n) is 8.59. The van der Waals surface area contributed by atoms with Gasteiger partial charge in [-0.05, 0) is 71.4 Å². The van der Waals surface area contributed by atoms with Crippen molar-refractivity contribution < 1.29 is 4.74 Å². The van der Waals surface area contributed by atoms with Gasteiger partial charge in [0.25, 0.3) is 0 Å². The molecule has 0 amide bonds. The summed E-state index contributed by atoms with van der Waals surface area (Å²) in [6, 6.07) is 0.532. The van der Waals surface area contributed by atoms with E-state index in [1.165, 1.54) is 76.8 Å². The largest absolute Gasteiger partial charge is 0.375 e. The highest BCUT2D eigenvalue weighted by Gasteiger charge is 2.28. The van der Waals surface area contributed by atoms with E-state index in [-0.39, 0.29) is 0 Å². The Labute approximate surface area is 155 Å². The average molecular weight is 350 g/mol. The van der Waals surface area contributed by atoms with Gasteiger partial charge in [-0.15, -0.1) is 0 Å². The monoisotopic (exact) mass is 349 g/mol. The highest BCUT2D eigenvalue weighted by Crippen LogP contribution is 2.29. The molecule has 3 aliphatic rings. The van der Waals surface area contributed by atoms with Crippen molar-refractivity contribution in [3.8, 4) is 0 Å². The normalized spacial score (nSPS) is 31.8. The third-order valence-corrected chi connectivity index (χ3v) is 6.65. The smallest absolute Gasteiger partial charge is 0.0603 e. The van der Waals surface area contributed by atoms with Gasteiger partial charge in [0.15, 0.2) is 0 Å². The minimum Gasteiger partial charge on any atom is -0.375 e. The maximum absolute atomic E-state index is 6.36. The van der Waals surface area contributed by atoms with Crippen LogP contribution >= 0.6 is 0 Å². The van der Waals surface area contributed by atoms with Gasteiger partial charge in [0.2, 0.25) is 0 Å². The van der Waals surface area contributed by atoms with Crippen LogP contribution in [-0.2, 0) is 4.74 Å². The molecule has 4 nitrogen and oxygen atoms in total. The second kappa shape index (κ2) is 9.50. The van der Waals surface area contributed by atoms with Crippen LogP contribution in [0.2, 0.25) is 0 Å². The molecule has 3 fully saturated rings. The van der Waals surface area contributed by atoms with Crippen molar-refractivity contribution in [2.75, 3.05) is 45.8 Å². The van der Waals surface area contributed by atoms with E-state index in [2.05, 4.69) is 35.5 Å². The molecule has 0 radical (unpaired) electrons. The summed E-state index contributed by atoms with van der Waals surface area (Å²) < 4.78 is 6.36. The maximum Gasteiger partial charge on any atom is 0.0603 e. The van der Waals surface area contributed by atoms with Gasteiger partial charge < -0.3 is 15.0 Å². The first kappa shape index (κ1) is 19.3. The Morgan fingerprint density at radius 2 is 1.60 bits per heavy atom. The molecule has 0 aromatic carbocycles. The summed E-state index contributed by atoms with van der Waals surface area (Å²) in [5.74, 6) is 0.887. The van der Waals surface area contributed by atoms with Crippen LogP contribution in [0, 0.1) is 5.92 Å². The quantitative estimate of drug-likeness (QED) is 0.746. The number of piperidine rings is 1. The molecule has 1 atom stereocenters. The zero-order valence-corrected chi connectivity index (χ0v) is 16.5. The van der Waals surface area contributed by atoms with Gasteiger partial charge in [-0.1, -0.05) is 12.2 Å². The Bertz CT molecular complexity index is 405. The second-order valence-corrected chi connectivity index (χ2v) is 8.59. The Balaban J connectivity index is 1.32. The molecular formula is C21H39N3O. The fraction of sp³-hybridized carbons (Fsp3) is 0.905. The third-order valence-electron chi connectivity index (χ3n) is 6.65. The topological polar surface area (TPSA) is 27.7 Å². The number of piperazine rings is 1. The Morgan fingerprint density at radius 3 is 2.20 bits per heavy atom. The molecule has 0 spiro atoms. The minimum absolute atomic E-state index is 0.520. The Kier molecular flexibility index (Phi) is 7.35. The molecule has 2 saturated heterocycles. The molecule has 2 aliphatic heterocycles. The molecule has 1 aliphatic carbocycles. The zero-order valence-electron chi connectivity index (χ0n) is 16.5. The van der Waals surface area contributed by atoms with Crippen LogP contribution < -0.4 is 5.32 Å². The molecule has 0 aromatic rings. The van der Waals surface area contributed by atoms with Gasteiger partial charge in [0.1, 0.15) is 0 Å². The van der Waals surface area contributed by atoms with E-state index in [0.29, 0.717) is 18.2 Å². The van der Waals surface area contributed by atoms with Gasteiger partial charge in [-0.25, -0.2) is 0 Å². The molecule has 1 unspecified atom stereocenters. The first-order chi connectivity index (χ1) is 12.1. The summed E-state index contributed by atoms with van der Waals surface area (Å²) in [5.41, 5.74) is 1.29. The van der Waals surface area contributed by atoms with Gasteiger partial charge in [-0.3, -0.25) is 4.90 Å². The molecule has 4 heteroatoms. The van der Waals surface area contributed by atoms with E-state index in [4.69, 9.17) is 4.74 Å². The predicted molar refractivity (Wildman–Crippen MR) is 105 cm³/mol. The first-order valence-corrected chi connectivity index (χ1v) is 10.6. The molecule has 1 saturated carbocycles. The maximum atomic E-state index is 6.36. The molecular weight excluding hydrogens is 310 g/mol. The Hall–Kier alpha value is -0.420. The lowest BCUT2D eigenvalue weighted by atomic mass is 9.86. The average Bonchev–Trinajstić information content (AvgIpc) is 2.64. The highest BCUT2D eigenvalue weighted by atomic mass is 16.5. The number of ether oxygens (including phenoxy) is 1. The van der Waals surface area contributed by atoms with Crippen molar-refractivity contribution >= 4 is 0 Å². The first-order valence-electron chi connectivity index (χ1n) is 10.6. The minimum atomic E-state index is 0.520.